The van der Waals surface area contributed by atoms with Crippen LogP contribution in [0.4, 0.5) is 0 Å². The van der Waals surface area contributed by atoms with Crippen molar-refractivity contribution in [1.29, 1.82) is 5.41 Å². The molecular formula is C33H35N3O7S. The summed E-state index contributed by atoms with van der Waals surface area (Å²) in [6, 6.07) is 19.0. The minimum atomic E-state index is -0.865. The number of nitrogen functional groups attached to an aromatic ring is 1. The van der Waals surface area contributed by atoms with Crippen LogP contribution in [0.3, 0.4) is 0 Å². The van der Waals surface area contributed by atoms with Gasteiger partial charge in [0.2, 0.25) is 5.91 Å². The van der Waals surface area contributed by atoms with E-state index < -0.39 is 23.9 Å². The summed E-state index contributed by atoms with van der Waals surface area (Å²) in [5.74, 6) is -0.825. The van der Waals surface area contributed by atoms with Crippen LogP contribution in [0, 0.1) is 5.41 Å². The number of amides is 1. The molecule has 3 aromatic carbocycles. The molecule has 11 heteroatoms. The lowest BCUT2D eigenvalue weighted by atomic mass is 10.1. The van der Waals surface area contributed by atoms with Gasteiger partial charge in [0.1, 0.15) is 17.6 Å². The average molecular weight is 618 g/mol. The first kappa shape index (κ1) is 33.6. The van der Waals surface area contributed by atoms with Crippen LogP contribution >= 0.6 is 11.8 Å². The molecule has 0 aliphatic rings. The van der Waals surface area contributed by atoms with Crippen molar-refractivity contribution < 1.29 is 33.4 Å². The van der Waals surface area contributed by atoms with Gasteiger partial charge in [-0.15, -0.1) is 0 Å². The monoisotopic (exact) mass is 617 g/mol. The van der Waals surface area contributed by atoms with Crippen LogP contribution in [0.25, 0.3) is 6.08 Å². The van der Waals surface area contributed by atoms with Crippen molar-refractivity contribution >= 4 is 47.5 Å². The van der Waals surface area contributed by atoms with Gasteiger partial charge in [0.25, 0.3) is 0 Å². The maximum atomic E-state index is 13.0. The van der Waals surface area contributed by atoms with E-state index in [4.69, 9.17) is 25.4 Å². The van der Waals surface area contributed by atoms with Crippen LogP contribution in [0.2, 0.25) is 0 Å². The highest BCUT2D eigenvalue weighted by Crippen LogP contribution is 2.18. The van der Waals surface area contributed by atoms with Gasteiger partial charge in [0.05, 0.1) is 24.3 Å². The molecule has 0 heterocycles. The van der Waals surface area contributed by atoms with Gasteiger partial charge in [-0.25, -0.2) is 14.4 Å². The molecule has 0 aliphatic heterocycles. The van der Waals surface area contributed by atoms with Crippen molar-refractivity contribution in [3.8, 4) is 5.75 Å². The lowest BCUT2D eigenvalue weighted by Crippen LogP contribution is -2.44. The van der Waals surface area contributed by atoms with E-state index in [1.165, 1.54) is 11.8 Å². The van der Waals surface area contributed by atoms with E-state index in [1.807, 2.05) is 12.1 Å². The number of rotatable bonds is 14. The number of ether oxygens (including phenoxy) is 3. The van der Waals surface area contributed by atoms with Crippen molar-refractivity contribution in [3.63, 3.8) is 0 Å². The number of nitrogens with one attached hydrogen (secondary N) is 2. The fourth-order valence-electron chi connectivity index (χ4n) is 3.83. The van der Waals surface area contributed by atoms with E-state index in [0.29, 0.717) is 45.9 Å². The molecule has 1 amide bonds. The van der Waals surface area contributed by atoms with Crippen molar-refractivity contribution in [2.45, 2.75) is 32.6 Å². The molecule has 0 spiro atoms. The van der Waals surface area contributed by atoms with E-state index in [1.54, 1.807) is 87.5 Å². The number of hydrogen-bond donors (Lipinski definition) is 3. The van der Waals surface area contributed by atoms with Gasteiger partial charge < -0.3 is 25.3 Å². The molecule has 0 aromatic heterocycles. The molecular weight excluding hydrogens is 582 g/mol. The van der Waals surface area contributed by atoms with E-state index in [-0.39, 0.29) is 24.2 Å². The van der Waals surface area contributed by atoms with Crippen molar-refractivity contribution in [3.05, 3.63) is 106 Å². The Kier molecular flexibility index (Phi) is 12.7. The number of thioether (sulfide) groups is 1. The summed E-state index contributed by atoms with van der Waals surface area (Å²) < 4.78 is 15.5. The van der Waals surface area contributed by atoms with Gasteiger partial charge in [-0.2, -0.15) is 11.8 Å². The van der Waals surface area contributed by atoms with Gasteiger partial charge in [-0.1, -0.05) is 24.3 Å². The average Bonchev–Trinajstić information content (AvgIpc) is 3.01. The quantitative estimate of drug-likeness (QED) is 0.0763. The standard InChI is InChI=1S/C33H35N3O7S/c1-4-41-31(38)25-12-8-23(9-13-25)19-44-20-28(33(40)42-5-2)36-30(37)21(3)18-22-6-10-26(11-7-22)32(39)43-27-16-14-24(15-17-27)29(34)35/h6-18,28H,4-5,19-20H2,1-3H3,(H3,34,35)(H,36,37)/b21-18+/t28-/m0/s1. The molecule has 0 radical (unpaired) electrons. The first-order valence-electron chi connectivity index (χ1n) is 13.9. The number of hydrogen-bond acceptors (Lipinski definition) is 9. The smallest absolute Gasteiger partial charge is 0.343 e. The molecule has 0 fully saturated rings. The zero-order valence-electron chi connectivity index (χ0n) is 24.8. The summed E-state index contributed by atoms with van der Waals surface area (Å²) in [4.78, 5) is 49.9. The molecule has 0 saturated heterocycles. The van der Waals surface area contributed by atoms with Gasteiger partial charge in [-0.05, 0) is 86.5 Å². The van der Waals surface area contributed by atoms with E-state index >= 15 is 0 Å². The molecule has 0 saturated carbocycles. The molecule has 4 N–H and O–H groups in total. The Hall–Kier alpha value is -4.90. The van der Waals surface area contributed by atoms with Crippen LogP contribution in [0.15, 0.2) is 78.4 Å². The maximum Gasteiger partial charge on any atom is 0.343 e. The Balaban J connectivity index is 1.57. The first-order chi connectivity index (χ1) is 21.1. The third kappa shape index (κ3) is 10.1. The van der Waals surface area contributed by atoms with Crippen LogP contribution in [0.1, 0.15) is 58.2 Å². The minimum Gasteiger partial charge on any atom is -0.464 e. The fourth-order valence-corrected chi connectivity index (χ4v) is 4.83. The molecule has 10 nitrogen and oxygen atoms in total. The van der Waals surface area contributed by atoms with Crippen LogP contribution in [0.5, 0.6) is 5.75 Å². The van der Waals surface area contributed by atoms with Crippen molar-refractivity contribution in [1.82, 2.24) is 5.32 Å². The Bertz CT molecular complexity index is 1500. The number of esters is 3. The normalized spacial score (nSPS) is 11.7. The zero-order valence-corrected chi connectivity index (χ0v) is 25.6. The summed E-state index contributed by atoms with van der Waals surface area (Å²) >= 11 is 1.45. The Morgan fingerprint density at radius 2 is 1.41 bits per heavy atom. The summed E-state index contributed by atoms with van der Waals surface area (Å²) in [6.45, 7) is 5.55. The molecule has 0 aliphatic carbocycles. The van der Waals surface area contributed by atoms with E-state index in [2.05, 4.69) is 5.32 Å². The maximum absolute atomic E-state index is 13.0. The topological polar surface area (TPSA) is 158 Å². The molecule has 0 unspecified atom stereocenters. The molecule has 3 rings (SSSR count). The lowest BCUT2D eigenvalue weighted by molar-refractivity contribution is -0.146. The number of carbonyl (C=O) groups is 4. The SMILES string of the molecule is CCOC(=O)c1ccc(CSC[C@H](NC(=O)/C(C)=C/c2ccc(C(=O)Oc3ccc(C(=N)N)cc3)cc2)C(=O)OCC)cc1. The summed E-state index contributed by atoms with van der Waals surface area (Å²) in [7, 11) is 0. The molecule has 44 heavy (non-hydrogen) atoms. The first-order valence-corrected chi connectivity index (χ1v) is 15.0. The number of carbonyl (C=O) groups excluding carboxylic acids is 4. The number of amidine groups is 1. The Labute approximate surface area is 260 Å². The largest absolute Gasteiger partial charge is 0.464 e. The third-order valence-corrected chi connectivity index (χ3v) is 7.26. The zero-order chi connectivity index (χ0) is 32.1. The van der Waals surface area contributed by atoms with E-state index in [9.17, 15) is 19.2 Å². The van der Waals surface area contributed by atoms with Crippen molar-refractivity contribution in [2.24, 2.45) is 5.73 Å². The summed E-state index contributed by atoms with van der Waals surface area (Å²) in [5, 5.41) is 10.2. The predicted octanol–water partition coefficient (Wildman–Crippen LogP) is 4.75. The molecule has 3 aromatic rings. The van der Waals surface area contributed by atoms with Gasteiger partial charge in [-0.3, -0.25) is 10.2 Å². The Morgan fingerprint density at radius 3 is 2.00 bits per heavy atom. The van der Waals surface area contributed by atoms with Crippen molar-refractivity contribution in [2.75, 3.05) is 19.0 Å². The fraction of sp³-hybridized carbons (Fsp3) is 0.242. The summed E-state index contributed by atoms with van der Waals surface area (Å²) in [5.41, 5.74) is 8.73. The van der Waals surface area contributed by atoms with Crippen LogP contribution in [-0.4, -0.2) is 54.7 Å². The second kappa shape index (κ2) is 16.7. The third-order valence-electron chi connectivity index (χ3n) is 6.16. The van der Waals surface area contributed by atoms with E-state index in [0.717, 1.165) is 5.56 Å². The highest BCUT2D eigenvalue weighted by molar-refractivity contribution is 7.98. The highest BCUT2D eigenvalue weighted by atomic mass is 32.2. The van der Waals surface area contributed by atoms with Gasteiger partial charge in [0.15, 0.2) is 0 Å². The lowest BCUT2D eigenvalue weighted by Gasteiger charge is -2.17. The highest BCUT2D eigenvalue weighted by Gasteiger charge is 2.23. The number of nitrogens with two attached hydrogens (primary N) is 1. The second-order valence-electron chi connectivity index (χ2n) is 9.49. The number of benzene rings is 3. The predicted molar refractivity (Wildman–Crippen MR) is 170 cm³/mol. The van der Waals surface area contributed by atoms with Crippen LogP contribution < -0.4 is 15.8 Å². The molecule has 1 atom stereocenters. The molecule has 230 valence electrons. The molecule has 0 bridgehead atoms. The summed E-state index contributed by atoms with van der Waals surface area (Å²) in [6.07, 6.45) is 1.64. The van der Waals surface area contributed by atoms with Gasteiger partial charge in [0, 0.05) is 22.6 Å². The van der Waals surface area contributed by atoms with Gasteiger partial charge >= 0.3 is 17.9 Å². The minimum absolute atomic E-state index is 0.0816. The second-order valence-corrected chi connectivity index (χ2v) is 10.5. The Morgan fingerprint density at radius 1 is 0.841 bits per heavy atom. The van der Waals surface area contributed by atoms with Crippen LogP contribution in [-0.2, 0) is 24.8 Å².